The van der Waals surface area contributed by atoms with E-state index in [-0.39, 0.29) is 17.7 Å². The molecule has 0 saturated carbocycles. The van der Waals surface area contributed by atoms with Gasteiger partial charge in [-0.05, 0) is 36.3 Å². The number of Topliss-reactive ketones (excluding diaryl/α,β-unsaturated/α-hetero) is 1. The van der Waals surface area contributed by atoms with Crippen molar-refractivity contribution >= 4 is 23.5 Å². The van der Waals surface area contributed by atoms with Crippen LogP contribution in [0.5, 0.6) is 0 Å². The summed E-state index contributed by atoms with van der Waals surface area (Å²) in [6, 6.07) is 7.62. The van der Waals surface area contributed by atoms with Gasteiger partial charge in [0.2, 0.25) is 11.1 Å². The number of carbonyl (C=O) groups is 2. The van der Waals surface area contributed by atoms with E-state index < -0.39 is 0 Å². The summed E-state index contributed by atoms with van der Waals surface area (Å²) >= 11 is 1.34. The molecule has 0 aliphatic heterocycles. The van der Waals surface area contributed by atoms with Crippen molar-refractivity contribution in [3.05, 3.63) is 35.4 Å². The zero-order chi connectivity index (χ0) is 17.5. The number of hydrogen-bond acceptors (Lipinski definition) is 6. The van der Waals surface area contributed by atoms with Crippen LogP contribution >= 0.6 is 11.8 Å². The third-order valence-electron chi connectivity index (χ3n) is 3.35. The van der Waals surface area contributed by atoms with Crippen molar-refractivity contribution in [2.24, 2.45) is 0 Å². The standard InChI is InChI=1S/C16H21N5O2S/c1-11(2)21-16(18-19-20-21)24-10-15(23)14-6-4-13(5-7-14)8-9-17-12(3)22/h4-7,11H,8-10H2,1-3H3,(H,17,22). The number of hydrogen-bond donors (Lipinski definition) is 1. The van der Waals surface area contributed by atoms with E-state index in [2.05, 4.69) is 20.8 Å². The highest BCUT2D eigenvalue weighted by Crippen LogP contribution is 2.19. The van der Waals surface area contributed by atoms with E-state index >= 15 is 0 Å². The molecule has 0 bridgehead atoms. The molecule has 0 spiro atoms. The van der Waals surface area contributed by atoms with Gasteiger partial charge in [0.1, 0.15) is 0 Å². The van der Waals surface area contributed by atoms with E-state index in [0.29, 0.717) is 23.0 Å². The molecular weight excluding hydrogens is 326 g/mol. The van der Waals surface area contributed by atoms with Crippen LogP contribution in [0, 0.1) is 0 Å². The fourth-order valence-electron chi connectivity index (χ4n) is 2.06. The van der Waals surface area contributed by atoms with E-state index in [4.69, 9.17) is 0 Å². The number of thioether (sulfide) groups is 1. The van der Waals surface area contributed by atoms with Gasteiger partial charge < -0.3 is 5.32 Å². The van der Waals surface area contributed by atoms with Crippen LogP contribution < -0.4 is 5.32 Å². The topological polar surface area (TPSA) is 89.8 Å². The summed E-state index contributed by atoms with van der Waals surface area (Å²) in [5.74, 6) is 0.285. The van der Waals surface area contributed by atoms with Crippen molar-refractivity contribution in [3.63, 3.8) is 0 Å². The molecule has 1 amide bonds. The lowest BCUT2D eigenvalue weighted by molar-refractivity contribution is -0.118. The van der Waals surface area contributed by atoms with Gasteiger partial charge >= 0.3 is 0 Å². The highest BCUT2D eigenvalue weighted by molar-refractivity contribution is 7.99. The first-order chi connectivity index (χ1) is 11.5. The minimum atomic E-state index is -0.0393. The Labute approximate surface area is 145 Å². The maximum absolute atomic E-state index is 12.3. The van der Waals surface area contributed by atoms with Gasteiger partial charge in [-0.15, -0.1) is 5.10 Å². The summed E-state index contributed by atoms with van der Waals surface area (Å²) < 4.78 is 1.70. The Morgan fingerprint density at radius 2 is 1.96 bits per heavy atom. The van der Waals surface area contributed by atoms with Crippen molar-refractivity contribution in [1.29, 1.82) is 0 Å². The van der Waals surface area contributed by atoms with Gasteiger partial charge in [-0.25, -0.2) is 4.68 Å². The van der Waals surface area contributed by atoms with Gasteiger partial charge in [-0.3, -0.25) is 9.59 Å². The second-order valence-electron chi connectivity index (χ2n) is 5.64. The normalized spacial score (nSPS) is 10.8. The number of carbonyl (C=O) groups excluding carboxylic acids is 2. The van der Waals surface area contributed by atoms with E-state index in [1.54, 1.807) is 4.68 Å². The van der Waals surface area contributed by atoms with Gasteiger partial charge in [-0.1, -0.05) is 36.0 Å². The summed E-state index contributed by atoms with van der Waals surface area (Å²) in [6.07, 6.45) is 0.742. The highest BCUT2D eigenvalue weighted by atomic mass is 32.2. The molecule has 0 aliphatic carbocycles. The number of amides is 1. The Morgan fingerprint density at radius 1 is 1.25 bits per heavy atom. The molecule has 0 atom stereocenters. The molecule has 128 valence electrons. The second kappa shape index (κ2) is 8.58. The molecule has 1 N–H and O–H groups in total. The predicted octanol–water partition coefficient (Wildman–Crippen LogP) is 1.91. The van der Waals surface area contributed by atoms with E-state index in [1.807, 2.05) is 38.1 Å². The molecule has 0 unspecified atom stereocenters. The zero-order valence-corrected chi connectivity index (χ0v) is 14.8. The van der Waals surface area contributed by atoms with Gasteiger partial charge in [0.15, 0.2) is 5.78 Å². The van der Waals surface area contributed by atoms with Crippen LogP contribution in [-0.4, -0.2) is 44.2 Å². The minimum Gasteiger partial charge on any atom is -0.356 e. The van der Waals surface area contributed by atoms with Crippen LogP contribution in [0.1, 0.15) is 42.7 Å². The first-order valence-electron chi connectivity index (χ1n) is 7.74. The summed E-state index contributed by atoms with van der Waals surface area (Å²) in [4.78, 5) is 23.1. The molecule has 0 radical (unpaired) electrons. The Kier molecular flexibility index (Phi) is 6.48. The Bertz CT molecular complexity index is 697. The monoisotopic (exact) mass is 347 g/mol. The zero-order valence-electron chi connectivity index (χ0n) is 14.0. The number of ketones is 1. The molecule has 7 nitrogen and oxygen atoms in total. The van der Waals surface area contributed by atoms with Crippen molar-refractivity contribution in [2.75, 3.05) is 12.3 Å². The third kappa shape index (κ3) is 5.16. The first kappa shape index (κ1) is 18.1. The number of nitrogens with one attached hydrogen (secondary N) is 1. The molecule has 1 heterocycles. The smallest absolute Gasteiger partial charge is 0.216 e. The van der Waals surface area contributed by atoms with Crippen LogP contribution in [0.25, 0.3) is 0 Å². The first-order valence-corrected chi connectivity index (χ1v) is 8.73. The molecule has 1 aromatic heterocycles. The molecule has 24 heavy (non-hydrogen) atoms. The molecule has 1 aromatic carbocycles. The number of nitrogens with zero attached hydrogens (tertiary/aromatic N) is 4. The summed E-state index contributed by atoms with van der Waals surface area (Å²) in [5.41, 5.74) is 1.74. The fourth-order valence-corrected chi connectivity index (χ4v) is 2.96. The SMILES string of the molecule is CC(=O)NCCc1ccc(C(=O)CSc2nnnn2C(C)C)cc1. The third-order valence-corrected chi connectivity index (χ3v) is 4.28. The molecule has 2 rings (SSSR count). The molecule has 0 fully saturated rings. The van der Waals surface area contributed by atoms with Crippen LogP contribution in [-0.2, 0) is 11.2 Å². The average molecular weight is 347 g/mol. The second-order valence-corrected chi connectivity index (χ2v) is 6.58. The van der Waals surface area contributed by atoms with Crippen molar-refractivity contribution < 1.29 is 9.59 Å². The Balaban J connectivity index is 1.88. The Morgan fingerprint density at radius 3 is 2.58 bits per heavy atom. The minimum absolute atomic E-state index is 0.0340. The van der Waals surface area contributed by atoms with Crippen LogP contribution in [0.4, 0.5) is 0 Å². The number of benzene rings is 1. The summed E-state index contributed by atoms with van der Waals surface area (Å²) in [7, 11) is 0. The quantitative estimate of drug-likeness (QED) is 0.579. The molecule has 0 saturated heterocycles. The molecule has 8 heteroatoms. The largest absolute Gasteiger partial charge is 0.356 e. The lowest BCUT2D eigenvalue weighted by Gasteiger charge is -2.07. The molecule has 0 aliphatic rings. The van der Waals surface area contributed by atoms with Gasteiger partial charge in [0.25, 0.3) is 0 Å². The Hall–Kier alpha value is -2.22. The maximum atomic E-state index is 12.3. The number of tetrazole rings is 1. The van der Waals surface area contributed by atoms with Gasteiger partial charge in [0, 0.05) is 19.0 Å². The summed E-state index contributed by atoms with van der Waals surface area (Å²) in [5, 5.41) is 14.9. The van der Waals surface area contributed by atoms with E-state index in [1.165, 1.54) is 18.7 Å². The van der Waals surface area contributed by atoms with Crippen molar-refractivity contribution in [2.45, 2.75) is 38.4 Å². The predicted molar refractivity (Wildman–Crippen MR) is 92.1 cm³/mol. The van der Waals surface area contributed by atoms with Gasteiger partial charge in [0.05, 0.1) is 11.8 Å². The van der Waals surface area contributed by atoms with Crippen LogP contribution in [0.15, 0.2) is 29.4 Å². The van der Waals surface area contributed by atoms with E-state index in [9.17, 15) is 9.59 Å². The highest BCUT2D eigenvalue weighted by Gasteiger charge is 2.13. The lowest BCUT2D eigenvalue weighted by atomic mass is 10.1. The lowest BCUT2D eigenvalue weighted by Crippen LogP contribution is -2.22. The van der Waals surface area contributed by atoms with Crippen molar-refractivity contribution in [1.82, 2.24) is 25.5 Å². The van der Waals surface area contributed by atoms with Crippen LogP contribution in [0.3, 0.4) is 0 Å². The summed E-state index contributed by atoms with van der Waals surface area (Å²) in [6.45, 7) is 6.06. The number of aromatic nitrogens is 4. The molecular formula is C16H21N5O2S. The van der Waals surface area contributed by atoms with Crippen molar-refractivity contribution in [3.8, 4) is 0 Å². The van der Waals surface area contributed by atoms with Gasteiger partial charge in [-0.2, -0.15) is 0 Å². The van der Waals surface area contributed by atoms with E-state index in [0.717, 1.165) is 12.0 Å². The fraction of sp³-hybridized carbons (Fsp3) is 0.438. The van der Waals surface area contributed by atoms with Crippen LogP contribution in [0.2, 0.25) is 0 Å². The average Bonchev–Trinajstić information content (AvgIpc) is 3.01. The maximum Gasteiger partial charge on any atom is 0.216 e. The number of rotatable bonds is 8. The molecule has 2 aromatic rings.